The van der Waals surface area contributed by atoms with Crippen molar-refractivity contribution in [3.05, 3.63) is 65.2 Å². The Bertz CT molecular complexity index is 958. The minimum absolute atomic E-state index is 0.00883. The lowest BCUT2D eigenvalue weighted by Crippen LogP contribution is -2.48. The van der Waals surface area contributed by atoms with Crippen LogP contribution in [-0.4, -0.2) is 53.1 Å². The summed E-state index contributed by atoms with van der Waals surface area (Å²) in [5, 5.41) is 3.37. The number of hydrogen-bond donors (Lipinski definition) is 2. The third-order valence-corrected chi connectivity index (χ3v) is 6.50. The van der Waals surface area contributed by atoms with Gasteiger partial charge in [0.15, 0.2) is 5.96 Å². The third kappa shape index (κ3) is 5.14. The smallest absolute Gasteiger partial charge is 0.240 e. The second-order valence-corrected chi connectivity index (χ2v) is 8.80. The summed E-state index contributed by atoms with van der Waals surface area (Å²) in [5.41, 5.74) is 3.40. The summed E-state index contributed by atoms with van der Waals surface area (Å²) >= 11 is 0. The Labute approximate surface area is 172 Å². The molecule has 3 rings (SSSR count). The van der Waals surface area contributed by atoms with Crippen LogP contribution in [-0.2, 0) is 21.3 Å². The first-order chi connectivity index (χ1) is 13.9. The summed E-state index contributed by atoms with van der Waals surface area (Å²) < 4.78 is 32.0. The van der Waals surface area contributed by atoms with Crippen molar-refractivity contribution < 1.29 is 13.2 Å². The standard InChI is InChI=1S/C21H28N4O3S/c1-16-6-4-5-7-19(16)20-15-25(12-13-28-20)21(22-2)24-14-17-8-10-18(11-9-17)29(26,27)23-3/h4-11,20,23H,12-15H2,1-3H3,(H,22,24). The van der Waals surface area contributed by atoms with E-state index in [1.165, 1.54) is 18.2 Å². The molecule has 0 aliphatic carbocycles. The van der Waals surface area contributed by atoms with Gasteiger partial charge in [-0.15, -0.1) is 0 Å². The summed E-state index contributed by atoms with van der Waals surface area (Å²) in [6.07, 6.45) is 0.00883. The monoisotopic (exact) mass is 416 g/mol. The molecule has 1 heterocycles. The minimum atomic E-state index is -3.42. The van der Waals surface area contributed by atoms with Crippen LogP contribution in [0.25, 0.3) is 0 Å². The predicted octanol–water partition coefficient (Wildman–Crippen LogP) is 2.05. The van der Waals surface area contributed by atoms with Crippen LogP contribution < -0.4 is 10.0 Å². The molecule has 0 spiro atoms. The van der Waals surface area contributed by atoms with Crippen molar-refractivity contribution in [2.75, 3.05) is 33.8 Å². The maximum atomic E-state index is 11.8. The second-order valence-electron chi connectivity index (χ2n) is 6.91. The van der Waals surface area contributed by atoms with E-state index < -0.39 is 10.0 Å². The van der Waals surface area contributed by atoms with Gasteiger partial charge in [-0.05, 0) is 42.8 Å². The molecule has 2 N–H and O–H groups in total. The van der Waals surface area contributed by atoms with Crippen molar-refractivity contribution in [3.63, 3.8) is 0 Å². The number of aliphatic imine (C=N–C) groups is 1. The van der Waals surface area contributed by atoms with Crippen molar-refractivity contribution in [2.45, 2.75) is 24.5 Å². The molecule has 29 heavy (non-hydrogen) atoms. The highest BCUT2D eigenvalue weighted by atomic mass is 32.2. The van der Waals surface area contributed by atoms with E-state index in [9.17, 15) is 8.42 Å². The maximum absolute atomic E-state index is 11.8. The molecular formula is C21H28N4O3S. The Morgan fingerprint density at radius 2 is 1.93 bits per heavy atom. The number of benzene rings is 2. The van der Waals surface area contributed by atoms with Gasteiger partial charge in [-0.25, -0.2) is 13.1 Å². The lowest BCUT2D eigenvalue weighted by molar-refractivity contribution is -0.00833. The zero-order valence-corrected chi connectivity index (χ0v) is 17.9. The van der Waals surface area contributed by atoms with Crippen LogP contribution in [0.2, 0.25) is 0 Å². The van der Waals surface area contributed by atoms with E-state index >= 15 is 0 Å². The molecular weight excluding hydrogens is 388 g/mol. The van der Waals surface area contributed by atoms with Crippen LogP contribution in [0.3, 0.4) is 0 Å². The van der Waals surface area contributed by atoms with Crippen molar-refractivity contribution in [2.24, 2.45) is 4.99 Å². The normalized spacial score (nSPS) is 18.0. The molecule has 1 unspecified atom stereocenters. The first-order valence-electron chi connectivity index (χ1n) is 9.60. The molecule has 7 nitrogen and oxygen atoms in total. The molecule has 0 aromatic heterocycles. The van der Waals surface area contributed by atoms with E-state index in [0.29, 0.717) is 13.2 Å². The zero-order chi connectivity index (χ0) is 20.9. The Balaban J connectivity index is 1.64. The molecule has 1 saturated heterocycles. The van der Waals surface area contributed by atoms with Crippen molar-refractivity contribution >= 4 is 16.0 Å². The Hall–Kier alpha value is -2.42. The van der Waals surface area contributed by atoms with Gasteiger partial charge in [0.25, 0.3) is 0 Å². The molecule has 0 saturated carbocycles. The molecule has 0 amide bonds. The lowest BCUT2D eigenvalue weighted by atomic mass is 10.0. The van der Waals surface area contributed by atoms with Crippen LogP contribution in [0, 0.1) is 6.92 Å². The molecule has 1 aliphatic heterocycles. The first-order valence-corrected chi connectivity index (χ1v) is 11.1. The number of sulfonamides is 1. The van der Waals surface area contributed by atoms with Crippen LogP contribution >= 0.6 is 0 Å². The van der Waals surface area contributed by atoms with Crippen LogP contribution in [0.4, 0.5) is 0 Å². The van der Waals surface area contributed by atoms with Gasteiger partial charge in [0, 0.05) is 20.1 Å². The van der Waals surface area contributed by atoms with Gasteiger partial charge >= 0.3 is 0 Å². The molecule has 1 atom stereocenters. The first kappa shape index (κ1) is 21.3. The molecule has 1 aliphatic rings. The van der Waals surface area contributed by atoms with Gasteiger partial charge in [0.05, 0.1) is 18.0 Å². The van der Waals surface area contributed by atoms with Crippen molar-refractivity contribution in [1.82, 2.24) is 14.9 Å². The highest BCUT2D eigenvalue weighted by Gasteiger charge is 2.25. The van der Waals surface area contributed by atoms with Gasteiger partial charge in [-0.3, -0.25) is 4.99 Å². The van der Waals surface area contributed by atoms with E-state index in [0.717, 1.165) is 24.6 Å². The van der Waals surface area contributed by atoms with Gasteiger partial charge in [0.1, 0.15) is 6.10 Å². The Morgan fingerprint density at radius 1 is 1.21 bits per heavy atom. The fraction of sp³-hybridized carbons (Fsp3) is 0.381. The van der Waals surface area contributed by atoms with Crippen LogP contribution in [0.5, 0.6) is 0 Å². The number of aryl methyl sites for hydroxylation is 1. The van der Waals surface area contributed by atoms with E-state index in [1.807, 2.05) is 12.1 Å². The molecule has 156 valence electrons. The molecule has 2 aromatic carbocycles. The number of ether oxygens (including phenoxy) is 1. The number of rotatable bonds is 5. The maximum Gasteiger partial charge on any atom is 0.240 e. The average Bonchev–Trinajstić information content (AvgIpc) is 2.75. The molecule has 0 radical (unpaired) electrons. The molecule has 1 fully saturated rings. The lowest BCUT2D eigenvalue weighted by Gasteiger charge is -2.35. The fourth-order valence-electron chi connectivity index (χ4n) is 3.40. The number of guanidine groups is 1. The fourth-order valence-corrected chi connectivity index (χ4v) is 4.13. The highest BCUT2D eigenvalue weighted by molar-refractivity contribution is 7.89. The van der Waals surface area contributed by atoms with E-state index in [4.69, 9.17) is 4.74 Å². The van der Waals surface area contributed by atoms with Gasteiger partial charge in [-0.2, -0.15) is 0 Å². The highest BCUT2D eigenvalue weighted by Crippen LogP contribution is 2.25. The van der Waals surface area contributed by atoms with E-state index in [-0.39, 0.29) is 11.0 Å². The van der Waals surface area contributed by atoms with Gasteiger partial charge in [0.2, 0.25) is 10.0 Å². The number of nitrogens with one attached hydrogen (secondary N) is 2. The predicted molar refractivity (Wildman–Crippen MR) is 114 cm³/mol. The van der Waals surface area contributed by atoms with Crippen molar-refractivity contribution in [1.29, 1.82) is 0 Å². The summed E-state index contributed by atoms with van der Waals surface area (Å²) in [5.74, 6) is 0.804. The third-order valence-electron chi connectivity index (χ3n) is 5.07. The topological polar surface area (TPSA) is 83.0 Å². The van der Waals surface area contributed by atoms with E-state index in [1.54, 1.807) is 31.3 Å². The van der Waals surface area contributed by atoms with Crippen LogP contribution in [0.1, 0.15) is 22.8 Å². The summed E-state index contributed by atoms with van der Waals surface area (Å²) in [6, 6.07) is 15.1. The minimum Gasteiger partial charge on any atom is -0.370 e. The summed E-state index contributed by atoms with van der Waals surface area (Å²) in [4.78, 5) is 6.86. The van der Waals surface area contributed by atoms with E-state index in [2.05, 4.69) is 39.0 Å². The van der Waals surface area contributed by atoms with Crippen LogP contribution in [0.15, 0.2) is 58.4 Å². The van der Waals surface area contributed by atoms with Gasteiger partial charge < -0.3 is 15.0 Å². The van der Waals surface area contributed by atoms with Gasteiger partial charge in [-0.1, -0.05) is 36.4 Å². The van der Waals surface area contributed by atoms with Crippen molar-refractivity contribution in [3.8, 4) is 0 Å². The number of hydrogen-bond acceptors (Lipinski definition) is 4. The second kappa shape index (κ2) is 9.39. The largest absolute Gasteiger partial charge is 0.370 e. The number of morpholine rings is 1. The quantitative estimate of drug-likeness (QED) is 0.576. The SMILES string of the molecule is CN=C(NCc1ccc(S(=O)(=O)NC)cc1)N1CCOC(c2ccccc2C)C1. The zero-order valence-electron chi connectivity index (χ0n) is 17.1. The Morgan fingerprint density at radius 3 is 2.59 bits per heavy atom. The Kier molecular flexibility index (Phi) is 6.89. The molecule has 8 heteroatoms. The summed E-state index contributed by atoms with van der Waals surface area (Å²) in [6.45, 7) is 4.78. The molecule has 0 bridgehead atoms. The average molecular weight is 417 g/mol. The summed E-state index contributed by atoms with van der Waals surface area (Å²) in [7, 11) is -0.249. The number of nitrogens with zero attached hydrogens (tertiary/aromatic N) is 2. The molecule has 2 aromatic rings.